The third kappa shape index (κ3) is 4.52. The first kappa shape index (κ1) is 15.4. The summed E-state index contributed by atoms with van der Waals surface area (Å²) in [5.74, 6) is 1.31. The van der Waals surface area contributed by atoms with Gasteiger partial charge in [-0.3, -0.25) is 4.79 Å². The molecule has 0 aliphatic heterocycles. The molecule has 0 radical (unpaired) electrons. The van der Waals surface area contributed by atoms with Crippen molar-refractivity contribution >= 4 is 44.4 Å². The summed E-state index contributed by atoms with van der Waals surface area (Å²) in [5.41, 5.74) is 0. The molecule has 0 aliphatic rings. The highest BCUT2D eigenvalue weighted by molar-refractivity contribution is 14.1. The second-order valence-electron chi connectivity index (χ2n) is 4.20. The van der Waals surface area contributed by atoms with Crippen LogP contribution in [0.1, 0.15) is 5.76 Å². The molecule has 0 saturated carbocycles. The molecule has 1 heterocycles. The summed E-state index contributed by atoms with van der Waals surface area (Å²) in [5, 5.41) is 0. The van der Waals surface area contributed by atoms with Crippen LogP contribution in [0.15, 0.2) is 45.5 Å². The number of rotatable bonds is 5. The van der Waals surface area contributed by atoms with Crippen molar-refractivity contribution in [3.05, 3.63) is 50.4 Å². The van der Waals surface area contributed by atoms with E-state index in [-0.39, 0.29) is 12.5 Å². The maximum absolute atomic E-state index is 11.9. The molecule has 0 N–H and O–H groups in total. The number of hydrogen-bond acceptors (Lipinski definition) is 3. The van der Waals surface area contributed by atoms with Crippen LogP contribution in [-0.2, 0) is 11.3 Å². The number of benzene rings is 1. The molecule has 0 unspecified atom stereocenters. The third-order valence-electron chi connectivity index (χ3n) is 2.62. The molecular weight excluding hydrogens is 437 g/mol. The summed E-state index contributed by atoms with van der Waals surface area (Å²) >= 11 is 5.45. The van der Waals surface area contributed by atoms with Crippen molar-refractivity contribution in [1.82, 2.24) is 4.90 Å². The monoisotopic (exact) mass is 449 g/mol. The number of hydrogen-bond donors (Lipinski definition) is 0. The number of halogens is 2. The largest absolute Gasteiger partial charge is 0.484 e. The normalized spacial score (nSPS) is 10.3. The van der Waals surface area contributed by atoms with Crippen molar-refractivity contribution in [2.45, 2.75) is 6.54 Å². The number of ether oxygens (including phenoxy) is 1. The standard InChI is InChI=1S/C14H13BrINO3/c1-17(8-12-6-7-13(15)20-12)14(18)9-19-11-4-2-10(16)3-5-11/h2-7H,8-9H2,1H3. The van der Waals surface area contributed by atoms with Crippen LogP contribution in [0.3, 0.4) is 0 Å². The Labute approximate surface area is 139 Å². The van der Waals surface area contributed by atoms with Gasteiger partial charge in [0.1, 0.15) is 11.5 Å². The smallest absolute Gasteiger partial charge is 0.260 e. The van der Waals surface area contributed by atoms with E-state index in [0.29, 0.717) is 17.0 Å². The van der Waals surface area contributed by atoms with Crippen LogP contribution in [-0.4, -0.2) is 24.5 Å². The van der Waals surface area contributed by atoms with E-state index in [4.69, 9.17) is 9.15 Å². The van der Waals surface area contributed by atoms with Gasteiger partial charge in [-0.2, -0.15) is 0 Å². The molecule has 2 rings (SSSR count). The first-order chi connectivity index (χ1) is 9.54. The van der Waals surface area contributed by atoms with Gasteiger partial charge in [0.25, 0.3) is 5.91 Å². The number of nitrogens with zero attached hydrogens (tertiary/aromatic N) is 1. The van der Waals surface area contributed by atoms with Crippen LogP contribution in [0, 0.1) is 3.57 Å². The molecule has 0 saturated heterocycles. The Bertz CT molecular complexity index is 582. The average molecular weight is 450 g/mol. The van der Waals surface area contributed by atoms with Crippen molar-refractivity contribution in [2.24, 2.45) is 0 Å². The fourth-order valence-electron chi connectivity index (χ4n) is 1.54. The van der Waals surface area contributed by atoms with E-state index in [1.807, 2.05) is 30.3 Å². The van der Waals surface area contributed by atoms with Crippen molar-refractivity contribution in [2.75, 3.05) is 13.7 Å². The number of carbonyl (C=O) groups excluding carboxylic acids is 1. The Morgan fingerprint density at radius 3 is 2.60 bits per heavy atom. The molecule has 2 aromatic rings. The summed E-state index contributed by atoms with van der Waals surface area (Å²) in [6.45, 7) is 0.430. The minimum atomic E-state index is -0.101. The zero-order valence-electron chi connectivity index (χ0n) is 10.8. The summed E-state index contributed by atoms with van der Waals surface area (Å²) < 4.78 is 12.6. The van der Waals surface area contributed by atoms with E-state index < -0.39 is 0 Å². The van der Waals surface area contributed by atoms with E-state index in [9.17, 15) is 4.79 Å². The van der Waals surface area contributed by atoms with Gasteiger partial charge < -0.3 is 14.1 Å². The predicted molar refractivity (Wildman–Crippen MR) is 87.5 cm³/mol. The van der Waals surface area contributed by atoms with Gasteiger partial charge >= 0.3 is 0 Å². The summed E-state index contributed by atoms with van der Waals surface area (Å²) in [4.78, 5) is 13.5. The molecular formula is C14H13BrINO3. The molecule has 0 atom stereocenters. The predicted octanol–water partition coefficient (Wildman–Crippen LogP) is 3.68. The average Bonchev–Trinajstić information content (AvgIpc) is 2.83. The molecule has 106 valence electrons. The van der Waals surface area contributed by atoms with Gasteiger partial charge in [0.05, 0.1) is 6.54 Å². The number of amides is 1. The maximum Gasteiger partial charge on any atom is 0.260 e. The van der Waals surface area contributed by atoms with Crippen LogP contribution >= 0.6 is 38.5 Å². The van der Waals surface area contributed by atoms with Crippen molar-refractivity contribution in [1.29, 1.82) is 0 Å². The maximum atomic E-state index is 11.9. The van der Waals surface area contributed by atoms with Crippen molar-refractivity contribution in [3.63, 3.8) is 0 Å². The Balaban J connectivity index is 1.83. The van der Waals surface area contributed by atoms with Crippen molar-refractivity contribution in [3.8, 4) is 5.75 Å². The molecule has 6 heteroatoms. The first-order valence-electron chi connectivity index (χ1n) is 5.91. The Hall–Kier alpha value is -1.02. The Kier molecular flexibility index (Phi) is 5.47. The highest BCUT2D eigenvalue weighted by atomic mass is 127. The molecule has 1 amide bonds. The van der Waals surface area contributed by atoms with E-state index >= 15 is 0 Å². The van der Waals surface area contributed by atoms with E-state index in [0.717, 1.165) is 9.33 Å². The number of carbonyl (C=O) groups is 1. The van der Waals surface area contributed by atoms with Crippen LogP contribution in [0.5, 0.6) is 5.75 Å². The highest BCUT2D eigenvalue weighted by Crippen LogP contribution is 2.16. The molecule has 0 aliphatic carbocycles. The summed E-state index contributed by atoms with van der Waals surface area (Å²) in [6, 6.07) is 11.2. The Morgan fingerprint density at radius 2 is 2.00 bits per heavy atom. The summed E-state index contributed by atoms with van der Waals surface area (Å²) in [6.07, 6.45) is 0. The lowest BCUT2D eigenvalue weighted by molar-refractivity contribution is -0.132. The lowest BCUT2D eigenvalue weighted by atomic mass is 10.3. The Morgan fingerprint density at radius 1 is 1.30 bits per heavy atom. The molecule has 20 heavy (non-hydrogen) atoms. The molecule has 1 aromatic heterocycles. The second-order valence-corrected chi connectivity index (χ2v) is 6.23. The number of furan rings is 1. The minimum Gasteiger partial charge on any atom is -0.484 e. The molecule has 4 nitrogen and oxygen atoms in total. The van der Waals surface area contributed by atoms with E-state index in [2.05, 4.69) is 38.5 Å². The van der Waals surface area contributed by atoms with E-state index in [1.165, 1.54) is 0 Å². The van der Waals surface area contributed by atoms with E-state index in [1.54, 1.807) is 18.0 Å². The van der Waals surface area contributed by atoms with Gasteiger partial charge in [0.2, 0.25) is 0 Å². The molecule has 0 spiro atoms. The van der Waals surface area contributed by atoms with Gasteiger partial charge in [0.15, 0.2) is 11.3 Å². The molecule has 1 aromatic carbocycles. The minimum absolute atomic E-state index is 0.0129. The topological polar surface area (TPSA) is 42.7 Å². The van der Waals surface area contributed by atoms with Crippen LogP contribution in [0.2, 0.25) is 0 Å². The molecule has 0 fully saturated rings. The van der Waals surface area contributed by atoms with Gasteiger partial charge in [-0.25, -0.2) is 0 Å². The van der Waals surface area contributed by atoms with Gasteiger partial charge in [0, 0.05) is 10.6 Å². The van der Waals surface area contributed by atoms with Gasteiger partial charge in [-0.15, -0.1) is 0 Å². The van der Waals surface area contributed by atoms with Gasteiger partial charge in [-0.1, -0.05) is 0 Å². The zero-order valence-corrected chi connectivity index (χ0v) is 14.5. The van der Waals surface area contributed by atoms with Crippen molar-refractivity contribution < 1.29 is 13.9 Å². The van der Waals surface area contributed by atoms with Crippen LogP contribution < -0.4 is 4.74 Å². The van der Waals surface area contributed by atoms with Crippen LogP contribution in [0.25, 0.3) is 0 Å². The highest BCUT2D eigenvalue weighted by Gasteiger charge is 2.12. The third-order valence-corrected chi connectivity index (χ3v) is 3.77. The summed E-state index contributed by atoms with van der Waals surface area (Å²) in [7, 11) is 1.72. The lowest BCUT2D eigenvalue weighted by Crippen LogP contribution is -2.30. The first-order valence-corrected chi connectivity index (χ1v) is 7.78. The fourth-order valence-corrected chi connectivity index (χ4v) is 2.24. The lowest BCUT2D eigenvalue weighted by Gasteiger charge is -2.16. The van der Waals surface area contributed by atoms with Gasteiger partial charge in [-0.05, 0) is 74.9 Å². The second kappa shape index (κ2) is 7.12. The van der Waals surface area contributed by atoms with Crippen LogP contribution in [0.4, 0.5) is 0 Å². The molecule has 0 bridgehead atoms. The SMILES string of the molecule is CN(Cc1ccc(Br)o1)C(=O)COc1ccc(I)cc1. The quantitative estimate of drug-likeness (QED) is 0.654. The number of likely N-dealkylation sites (N-methyl/N-ethyl adjacent to an activating group) is 1. The zero-order chi connectivity index (χ0) is 14.5. The fraction of sp³-hybridized carbons (Fsp3) is 0.214.